The van der Waals surface area contributed by atoms with E-state index in [1.54, 1.807) is 6.92 Å². The van der Waals surface area contributed by atoms with Crippen molar-refractivity contribution in [3.8, 4) is 0 Å². The Morgan fingerprint density at radius 3 is 1.03 bits per heavy atom. The highest BCUT2D eigenvalue weighted by Crippen LogP contribution is 2.57. The molecule has 0 atom stereocenters. The highest BCUT2D eigenvalue weighted by Gasteiger charge is 2.34. The number of hydrogen-bond donors (Lipinski definition) is 0. The van der Waals surface area contributed by atoms with Gasteiger partial charge in [0, 0.05) is 11.8 Å². The lowest BCUT2D eigenvalue weighted by Crippen LogP contribution is -2.29. The summed E-state index contributed by atoms with van der Waals surface area (Å²) in [6.45, 7) is 1.74. The Bertz CT molecular complexity index is 921. The van der Waals surface area contributed by atoms with Gasteiger partial charge in [0.05, 0.1) is 0 Å². The number of ketones is 1. The molecule has 4 aromatic carbocycles. The van der Waals surface area contributed by atoms with Crippen molar-refractivity contribution < 1.29 is 4.79 Å². The average molecular weight is 440 g/mol. The van der Waals surface area contributed by atoms with Gasteiger partial charge in [-0.1, -0.05) is 121 Å². The number of hydrogen-bond acceptors (Lipinski definition) is 1. The fourth-order valence-electron chi connectivity index (χ4n) is 3.90. The molecule has 0 radical (unpaired) electrons. The van der Waals surface area contributed by atoms with Crippen LogP contribution in [-0.4, -0.2) is 11.2 Å². The van der Waals surface area contributed by atoms with E-state index in [9.17, 15) is 4.79 Å². The summed E-state index contributed by atoms with van der Waals surface area (Å²) in [6.07, 6.45) is 0.574. The van der Waals surface area contributed by atoms with Gasteiger partial charge in [-0.25, -0.2) is 0 Å². The van der Waals surface area contributed by atoms with Crippen LogP contribution in [0.2, 0.25) is 0 Å². The first-order valence-electron chi connectivity index (χ1n) is 10.5. The first kappa shape index (κ1) is 21.6. The fraction of sp³-hybridized carbons (Fsp3) is 0.107. The molecular formula is C28H26OP2. The molecule has 31 heavy (non-hydrogen) atoms. The molecular weight excluding hydrogens is 414 g/mol. The third kappa shape index (κ3) is 5.37. The summed E-state index contributed by atoms with van der Waals surface area (Å²) in [4.78, 5) is 12.6. The Morgan fingerprint density at radius 1 is 0.548 bits per heavy atom. The largest absolute Gasteiger partial charge is 0.300 e. The SMILES string of the molecule is CC(=O)CC(P(c1ccccc1)c1ccccc1)P(c1ccccc1)c1ccccc1. The van der Waals surface area contributed by atoms with E-state index in [-0.39, 0.29) is 11.2 Å². The molecule has 0 aliphatic carbocycles. The quantitative estimate of drug-likeness (QED) is 0.328. The molecule has 0 saturated carbocycles. The molecule has 0 saturated heterocycles. The second-order valence-electron chi connectivity index (χ2n) is 7.47. The van der Waals surface area contributed by atoms with Gasteiger partial charge in [-0.15, -0.1) is 0 Å². The Kier molecular flexibility index (Phi) is 7.42. The van der Waals surface area contributed by atoms with Crippen molar-refractivity contribution in [1.29, 1.82) is 0 Å². The van der Waals surface area contributed by atoms with Gasteiger partial charge in [0.2, 0.25) is 0 Å². The maximum absolute atomic E-state index is 12.6. The highest BCUT2D eigenvalue weighted by atomic mass is 31.2. The second kappa shape index (κ2) is 10.6. The average Bonchev–Trinajstić information content (AvgIpc) is 2.82. The van der Waals surface area contributed by atoms with Crippen LogP contribution in [0.25, 0.3) is 0 Å². The highest BCUT2D eigenvalue weighted by molar-refractivity contribution is 7.89. The second-order valence-corrected chi connectivity index (χ2v) is 12.7. The van der Waals surface area contributed by atoms with E-state index < -0.39 is 15.8 Å². The van der Waals surface area contributed by atoms with Crippen LogP contribution in [0.1, 0.15) is 13.3 Å². The van der Waals surface area contributed by atoms with Crippen LogP contribution in [0.5, 0.6) is 0 Å². The molecule has 0 spiro atoms. The molecule has 0 aliphatic rings. The lowest BCUT2D eigenvalue weighted by atomic mass is 10.3. The fourth-order valence-corrected chi connectivity index (χ4v) is 11.2. The normalized spacial score (nSPS) is 11.2. The molecule has 1 nitrogen and oxygen atoms in total. The topological polar surface area (TPSA) is 17.1 Å². The number of carbonyl (C=O) groups excluding carboxylic acids is 1. The van der Waals surface area contributed by atoms with E-state index in [4.69, 9.17) is 0 Å². The summed E-state index contributed by atoms with van der Waals surface area (Å²) in [7, 11) is -1.45. The molecule has 4 aromatic rings. The van der Waals surface area contributed by atoms with Crippen molar-refractivity contribution in [2.75, 3.05) is 0 Å². The van der Waals surface area contributed by atoms with Crippen molar-refractivity contribution in [3.05, 3.63) is 121 Å². The lowest BCUT2D eigenvalue weighted by Gasteiger charge is -2.35. The minimum atomic E-state index is -0.725. The molecule has 0 amide bonds. The predicted molar refractivity (Wildman–Crippen MR) is 137 cm³/mol. The molecule has 0 N–H and O–H groups in total. The van der Waals surface area contributed by atoms with Gasteiger partial charge in [-0.3, -0.25) is 4.79 Å². The van der Waals surface area contributed by atoms with Crippen LogP contribution in [0.4, 0.5) is 0 Å². The molecule has 0 heterocycles. The maximum atomic E-state index is 12.6. The van der Waals surface area contributed by atoms with Gasteiger partial charge >= 0.3 is 0 Å². The number of Topliss-reactive ketones (excluding diaryl/α,β-unsaturated/α-hetero) is 1. The van der Waals surface area contributed by atoms with E-state index in [1.165, 1.54) is 21.2 Å². The molecule has 0 aromatic heterocycles. The van der Waals surface area contributed by atoms with E-state index in [0.717, 1.165) is 0 Å². The zero-order chi connectivity index (χ0) is 21.5. The van der Waals surface area contributed by atoms with Gasteiger partial charge in [0.15, 0.2) is 0 Å². The summed E-state index contributed by atoms with van der Waals surface area (Å²) in [5.74, 6) is 0.253. The van der Waals surface area contributed by atoms with Crippen LogP contribution in [0.15, 0.2) is 121 Å². The first-order valence-corrected chi connectivity index (χ1v) is 13.3. The number of rotatable bonds is 8. The Morgan fingerprint density at radius 2 is 0.806 bits per heavy atom. The van der Waals surface area contributed by atoms with Crippen molar-refractivity contribution in [2.45, 2.75) is 18.7 Å². The summed E-state index contributed by atoms with van der Waals surface area (Å²) in [5, 5.41) is 5.53. The maximum Gasteiger partial charge on any atom is 0.130 e. The van der Waals surface area contributed by atoms with Crippen molar-refractivity contribution in [2.24, 2.45) is 0 Å². The Hall–Kier alpha value is -2.59. The van der Waals surface area contributed by atoms with E-state index >= 15 is 0 Å². The van der Waals surface area contributed by atoms with E-state index in [1.807, 2.05) is 0 Å². The van der Waals surface area contributed by atoms with Crippen LogP contribution in [-0.2, 0) is 4.79 Å². The summed E-state index contributed by atoms with van der Waals surface area (Å²) < 4.78 is 0. The van der Waals surface area contributed by atoms with Gasteiger partial charge < -0.3 is 0 Å². The standard InChI is InChI=1S/C28H26OP2/c1-23(29)22-28(30(24-14-6-2-7-15-24)25-16-8-3-9-17-25)31(26-18-10-4-11-19-26)27-20-12-5-13-21-27/h2-21,28H,22H2,1H3. The third-order valence-electron chi connectivity index (χ3n) is 5.20. The van der Waals surface area contributed by atoms with Crippen LogP contribution in [0, 0.1) is 0 Å². The van der Waals surface area contributed by atoms with Gasteiger partial charge in [0.25, 0.3) is 0 Å². The monoisotopic (exact) mass is 440 g/mol. The molecule has 0 unspecified atom stereocenters. The summed E-state index contributed by atoms with van der Waals surface area (Å²) >= 11 is 0. The molecule has 3 heteroatoms. The van der Waals surface area contributed by atoms with Crippen LogP contribution < -0.4 is 21.2 Å². The number of benzene rings is 4. The Labute approximate surface area is 187 Å². The van der Waals surface area contributed by atoms with Gasteiger partial charge in [-0.05, 0) is 44.0 Å². The molecule has 154 valence electrons. The zero-order valence-electron chi connectivity index (χ0n) is 17.6. The van der Waals surface area contributed by atoms with Gasteiger partial charge in [-0.2, -0.15) is 0 Å². The van der Waals surface area contributed by atoms with E-state index in [0.29, 0.717) is 6.42 Å². The minimum absolute atomic E-state index is 0.220. The first-order chi connectivity index (χ1) is 15.2. The van der Waals surface area contributed by atoms with Crippen molar-refractivity contribution >= 4 is 42.8 Å². The lowest BCUT2D eigenvalue weighted by molar-refractivity contribution is -0.116. The third-order valence-corrected chi connectivity index (χ3v) is 11.6. The molecule has 4 rings (SSSR count). The zero-order valence-corrected chi connectivity index (χ0v) is 19.4. The Balaban J connectivity index is 1.93. The number of carbonyl (C=O) groups is 1. The van der Waals surface area contributed by atoms with E-state index in [2.05, 4.69) is 121 Å². The summed E-state index contributed by atoms with van der Waals surface area (Å²) in [5.41, 5.74) is 0. The summed E-state index contributed by atoms with van der Waals surface area (Å²) in [6, 6.07) is 43.1. The van der Waals surface area contributed by atoms with Gasteiger partial charge in [0.1, 0.15) is 5.78 Å². The predicted octanol–water partition coefficient (Wildman–Crippen LogP) is 5.56. The van der Waals surface area contributed by atoms with Crippen molar-refractivity contribution in [3.63, 3.8) is 0 Å². The minimum Gasteiger partial charge on any atom is -0.300 e. The smallest absolute Gasteiger partial charge is 0.130 e. The van der Waals surface area contributed by atoms with Crippen LogP contribution >= 0.6 is 15.8 Å². The molecule has 0 bridgehead atoms. The van der Waals surface area contributed by atoms with Crippen molar-refractivity contribution in [1.82, 2.24) is 0 Å². The molecule has 0 fully saturated rings. The van der Waals surface area contributed by atoms with Crippen LogP contribution in [0.3, 0.4) is 0 Å². The molecule has 0 aliphatic heterocycles.